The lowest BCUT2D eigenvalue weighted by atomic mass is 10.0. The number of carbonyl (C=O) groups is 1. The molecule has 0 unspecified atom stereocenters. The molecule has 136 valence electrons. The van der Waals surface area contributed by atoms with E-state index < -0.39 is 10.0 Å². The summed E-state index contributed by atoms with van der Waals surface area (Å²) in [5.41, 5.74) is 1.95. The highest BCUT2D eigenvalue weighted by molar-refractivity contribution is 7.88. The summed E-state index contributed by atoms with van der Waals surface area (Å²) < 4.78 is 25.0. The zero-order chi connectivity index (χ0) is 18.3. The summed E-state index contributed by atoms with van der Waals surface area (Å²) in [6, 6.07) is 7.73. The van der Waals surface area contributed by atoms with Crippen LogP contribution >= 0.6 is 0 Å². The van der Waals surface area contributed by atoms with Crippen molar-refractivity contribution in [1.82, 2.24) is 4.31 Å². The Morgan fingerprint density at radius 1 is 1.08 bits per heavy atom. The number of amides is 1. The minimum absolute atomic E-state index is 0.150. The quantitative estimate of drug-likeness (QED) is 0.738. The lowest BCUT2D eigenvalue weighted by molar-refractivity contribution is -0.116. The van der Waals surface area contributed by atoms with E-state index in [1.165, 1.54) is 16.1 Å². The van der Waals surface area contributed by atoms with Crippen molar-refractivity contribution in [2.24, 2.45) is 5.92 Å². The normalized spacial score (nSPS) is 12.2. The smallest absolute Gasteiger partial charge is 0.225 e. The molecule has 0 spiro atoms. The van der Waals surface area contributed by atoms with Crippen LogP contribution in [0.3, 0.4) is 0 Å². The number of sulfonamides is 1. The average molecular weight is 355 g/mol. The number of benzene rings is 1. The zero-order valence-electron chi connectivity index (χ0n) is 15.4. The minimum atomic E-state index is -3.29. The molecule has 1 aromatic carbocycles. The standard InChI is InChI=1S/C18H30N2O3S/c1-14(2)10-12-20(24(5,22)23)13-11-18(21)19-17-8-6-16(7-9-17)15(3)4/h6-9,14-15H,10-13H2,1-5H3,(H,19,21). The largest absolute Gasteiger partial charge is 0.326 e. The lowest BCUT2D eigenvalue weighted by Gasteiger charge is -2.20. The summed E-state index contributed by atoms with van der Waals surface area (Å²) in [4.78, 5) is 12.1. The second-order valence-corrected chi connectivity index (χ2v) is 8.90. The maximum atomic E-state index is 12.1. The first-order chi connectivity index (χ1) is 11.1. The van der Waals surface area contributed by atoms with Crippen LogP contribution in [0, 0.1) is 5.92 Å². The van der Waals surface area contributed by atoms with Gasteiger partial charge in [-0.25, -0.2) is 12.7 Å². The molecule has 6 heteroatoms. The van der Waals surface area contributed by atoms with Crippen molar-refractivity contribution in [2.75, 3.05) is 24.7 Å². The SMILES string of the molecule is CC(C)CCN(CCC(=O)Nc1ccc(C(C)C)cc1)S(C)(=O)=O. The first-order valence-corrected chi connectivity index (χ1v) is 10.3. The Morgan fingerprint density at radius 2 is 1.67 bits per heavy atom. The van der Waals surface area contributed by atoms with E-state index in [4.69, 9.17) is 0 Å². The second kappa shape index (κ2) is 9.18. The van der Waals surface area contributed by atoms with Crippen molar-refractivity contribution >= 4 is 21.6 Å². The molecule has 0 aliphatic carbocycles. The molecule has 0 saturated heterocycles. The van der Waals surface area contributed by atoms with Crippen LogP contribution in [-0.4, -0.2) is 38.0 Å². The lowest BCUT2D eigenvalue weighted by Crippen LogP contribution is -2.34. The maximum absolute atomic E-state index is 12.1. The zero-order valence-corrected chi connectivity index (χ0v) is 16.2. The van der Waals surface area contributed by atoms with Crippen LogP contribution in [0.4, 0.5) is 5.69 Å². The van der Waals surface area contributed by atoms with Gasteiger partial charge in [0.2, 0.25) is 15.9 Å². The molecule has 0 heterocycles. The molecule has 0 aliphatic rings. The van der Waals surface area contributed by atoms with E-state index in [2.05, 4.69) is 19.2 Å². The van der Waals surface area contributed by atoms with Gasteiger partial charge < -0.3 is 5.32 Å². The van der Waals surface area contributed by atoms with Gasteiger partial charge in [-0.3, -0.25) is 4.79 Å². The molecule has 0 fully saturated rings. The highest BCUT2D eigenvalue weighted by atomic mass is 32.2. The number of hydrogen-bond donors (Lipinski definition) is 1. The predicted octanol–water partition coefficient (Wildman–Crippen LogP) is 3.45. The molecule has 0 atom stereocenters. The van der Waals surface area contributed by atoms with Gasteiger partial charge in [-0.05, 0) is 36.0 Å². The second-order valence-electron chi connectivity index (χ2n) is 6.92. The number of anilines is 1. The highest BCUT2D eigenvalue weighted by Crippen LogP contribution is 2.17. The Bertz CT molecular complexity index is 622. The molecule has 24 heavy (non-hydrogen) atoms. The predicted molar refractivity (Wildman–Crippen MR) is 99.6 cm³/mol. The Hall–Kier alpha value is -1.40. The number of hydrogen-bond acceptors (Lipinski definition) is 3. The summed E-state index contributed by atoms with van der Waals surface area (Å²) in [6.45, 7) is 8.99. The molecule has 1 aromatic rings. The Labute approximate surface area is 146 Å². The molecular formula is C18H30N2O3S. The van der Waals surface area contributed by atoms with Crippen LogP contribution in [0.2, 0.25) is 0 Å². The summed E-state index contributed by atoms with van der Waals surface area (Å²) in [7, 11) is -3.29. The van der Waals surface area contributed by atoms with Crippen molar-refractivity contribution in [1.29, 1.82) is 0 Å². The van der Waals surface area contributed by atoms with Crippen LogP contribution in [-0.2, 0) is 14.8 Å². The number of nitrogens with zero attached hydrogens (tertiary/aromatic N) is 1. The van der Waals surface area contributed by atoms with Crippen LogP contribution < -0.4 is 5.32 Å². The van der Waals surface area contributed by atoms with Gasteiger partial charge in [0.25, 0.3) is 0 Å². The van der Waals surface area contributed by atoms with Gasteiger partial charge in [0, 0.05) is 25.2 Å². The summed E-state index contributed by atoms with van der Waals surface area (Å²) in [5.74, 6) is 0.687. The van der Waals surface area contributed by atoms with Crippen LogP contribution in [0.1, 0.15) is 52.0 Å². The third kappa shape index (κ3) is 7.45. The van der Waals surface area contributed by atoms with Gasteiger partial charge in [0.1, 0.15) is 0 Å². The van der Waals surface area contributed by atoms with E-state index in [-0.39, 0.29) is 18.9 Å². The molecule has 1 rings (SSSR count). The van der Waals surface area contributed by atoms with Gasteiger partial charge in [-0.15, -0.1) is 0 Å². The van der Waals surface area contributed by atoms with Gasteiger partial charge in [0.05, 0.1) is 6.26 Å². The Morgan fingerprint density at radius 3 is 2.12 bits per heavy atom. The molecule has 0 radical (unpaired) electrons. The van der Waals surface area contributed by atoms with E-state index in [0.717, 1.165) is 12.1 Å². The fourth-order valence-corrected chi connectivity index (χ4v) is 3.11. The topological polar surface area (TPSA) is 66.5 Å². The van der Waals surface area contributed by atoms with E-state index in [1.54, 1.807) is 0 Å². The van der Waals surface area contributed by atoms with Crippen molar-refractivity contribution in [3.63, 3.8) is 0 Å². The molecule has 0 aliphatic heterocycles. The fraction of sp³-hybridized carbons (Fsp3) is 0.611. The Balaban J connectivity index is 2.56. The third-order valence-electron chi connectivity index (χ3n) is 3.87. The summed E-state index contributed by atoms with van der Waals surface area (Å²) in [5, 5.41) is 2.82. The van der Waals surface area contributed by atoms with E-state index in [9.17, 15) is 13.2 Å². The number of carbonyl (C=O) groups excluding carboxylic acids is 1. The van der Waals surface area contributed by atoms with Crippen molar-refractivity contribution in [2.45, 2.75) is 46.5 Å². The van der Waals surface area contributed by atoms with Crippen LogP contribution in [0.25, 0.3) is 0 Å². The third-order valence-corrected chi connectivity index (χ3v) is 5.18. The number of rotatable bonds is 9. The van der Waals surface area contributed by atoms with Crippen LogP contribution in [0.5, 0.6) is 0 Å². The van der Waals surface area contributed by atoms with Gasteiger partial charge >= 0.3 is 0 Å². The van der Waals surface area contributed by atoms with Gasteiger partial charge in [-0.2, -0.15) is 0 Å². The van der Waals surface area contributed by atoms with Gasteiger partial charge in [-0.1, -0.05) is 39.8 Å². The van der Waals surface area contributed by atoms with Gasteiger partial charge in [0.15, 0.2) is 0 Å². The molecule has 5 nitrogen and oxygen atoms in total. The van der Waals surface area contributed by atoms with Crippen LogP contribution in [0.15, 0.2) is 24.3 Å². The molecule has 1 N–H and O–H groups in total. The van der Waals surface area contributed by atoms with E-state index in [0.29, 0.717) is 18.4 Å². The molecule has 1 amide bonds. The molecule has 0 aromatic heterocycles. The number of nitrogens with one attached hydrogen (secondary N) is 1. The van der Waals surface area contributed by atoms with E-state index in [1.807, 2.05) is 38.1 Å². The molecular weight excluding hydrogens is 324 g/mol. The molecule has 0 saturated carbocycles. The molecule has 0 bridgehead atoms. The van der Waals surface area contributed by atoms with E-state index >= 15 is 0 Å². The summed E-state index contributed by atoms with van der Waals surface area (Å²) in [6.07, 6.45) is 2.12. The average Bonchev–Trinajstić information content (AvgIpc) is 2.45. The monoisotopic (exact) mass is 354 g/mol. The first-order valence-electron chi connectivity index (χ1n) is 8.44. The van der Waals surface area contributed by atoms with Crippen molar-refractivity contribution < 1.29 is 13.2 Å². The summed E-state index contributed by atoms with van der Waals surface area (Å²) >= 11 is 0. The first kappa shape index (κ1) is 20.6. The fourth-order valence-electron chi connectivity index (χ4n) is 2.25. The maximum Gasteiger partial charge on any atom is 0.225 e. The minimum Gasteiger partial charge on any atom is -0.326 e. The Kier molecular flexibility index (Phi) is 7.90. The highest BCUT2D eigenvalue weighted by Gasteiger charge is 2.18. The van der Waals surface area contributed by atoms with Crippen molar-refractivity contribution in [3.05, 3.63) is 29.8 Å². The van der Waals surface area contributed by atoms with Crippen molar-refractivity contribution in [3.8, 4) is 0 Å².